The van der Waals surface area contributed by atoms with E-state index in [1.807, 2.05) is 0 Å². The van der Waals surface area contributed by atoms with E-state index >= 15 is 0 Å². The number of imidazole rings is 1. The van der Waals surface area contributed by atoms with Crippen LogP contribution in [0.3, 0.4) is 0 Å². The van der Waals surface area contributed by atoms with Gasteiger partial charge in [-0.25, -0.2) is 4.98 Å². The van der Waals surface area contributed by atoms with Gasteiger partial charge in [-0.1, -0.05) is 6.07 Å². The molecule has 2 heterocycles. The molecule has 104 valence electrons. The number of rotatable bonds is 1. The van der Waals surface area contributed by atoms with Gasteiger partial charge < -0.3 is 0 Å². The van der Waals surface area contributed by atoms with Gasteiger partial charge in [0, 0.05) is 12.1 Å². The van der Waals surface area contributed by atoms with Crippen molar-refractivity contribution >= 4 is 21.6 Å². The van der Waals surface area contributed by atoms with Crippen LogP contribution in [0, 0.1) is 23.7 Å². The minimum Gasteiger partial charge on any atom is -0.294 e. The van der Waals surface area contributed by atoms with Crippen LogP contribution in [0.15, 0.2) is 29.0 Å². The van der Waals surface area contributed by atoms with E-state index in [-0.39, 0.29) is 0 Å². The number of aromatic nitrogens is 2. The molecular weight excluding hydrogens is 312 g/mol. The third-order valence-corrected chi connectivity index (χ3v) is 6.83. The number of nitrogens with zero attached hydrogens (tertiary/aromatic N) is 2. The van der Waals surface area contributed by atoms with Gasteiger partial charge in [0.05, 0.1) is 5.69 Å². The molecule has 4 saturated carbocycles. The van der Waals surface area contributed by atoms with Crippen LogP contribution in [-0.2, 0) is 0 Å². The van der Waals surface area contributed by atoms with Gasteiger partial charge in [-0.05, 0) is 83.8 Å². The van der Waals surface area contributed by atoms with Crippen LogP contribution in [0.1, 0.15) is 43.7 Å². The van der Waals surface area contributed by atoms with Crippen molar-refractivity contribution in [3.05, 3.63) is 34.7 Å². The van der Waals surface area contributed by atoms with E-state index in [2.05, 4.69) is 44.7 Å². The van der Waals surface area contributed by atoms with Crippen LogP contribution >= 0.6 is 15.9 Å². The van der Waals surface area contributed by atoms with Crippen molar-refractivity contribution in [1.29, 1.82) is 0 Å². The van der Waals surface area contributed by atoms with Crippen LogP contribution in [0.4, 0.5) is 0 Å². The van der Waals surface area contributed by atoms with Crippen LogP contribution < -0.4 is 0 Å². The number of hydrogen-bond donors (Lipinski definition) is 0. The number of pyridine rings is 1. The molecule has 4 fully saturated rings. The van der Waals surface area contributed by atoms with Crippen molar-refractivity contribution in [3.8, 4) is 0 Å². The van der Waals surface area contributed by atoms with Gasteiger partial charge in [0.15, 0.2) is 0 Å². The van der Waals surface area contributed by atoms with Gasteiger partial charge in [0.25, 0.3) is 0 Å². The zero-order valence-electron chi connectivity index (χ0n) is 11.5. The molecule has 2 nitrogen and oxygen atoms in total. The number of fused-ring (bicyclic) bond motifs is 1. The first-order valence-corrected chi connectivity index (χ1v) is 8.71. The largest absolute Gasteiger partial charge is 0.294 e. The Labute approximate surface area is 127 Å². The van der Waals surface area contributed by atoms with Gasteiger partial charge in [0.1, 0.15) is 10.3 Å². The summed E-state index contributed by atoms with van der Waals surface area (Å²) in [6.07, 6.45) is 9.46. The van der Waals surface area contributed by atoms with E-state index in [4.69, 9.17) is 4.98 Å². The van der Waals surface area contributed by atoms with Crippen molar-refractivity contribution in [2.75, 3.05) is 0 Å². The average Bonchev–Trinajstić information content (AvgIpc) is 2.76. The second-order valence-electron chi connectivity index (χ2n) is 7.17. The SMILES string of the molecule is Brc1c(C2C3CC4CC(C3)CC2C4)nc2ccccn12. The Balaban J connectivity index is 1.63. The standard InChI is InChI=1S/C17H19BrN2/c18-17-16(19-14-3-1-2-4-20(14)17)15-12-6-10-5-11(8-12)9-13(15)7-10/h1-4,10-13,15H,5-9H2. The van der Waals surface area contributed by atoms with Gasteiger partial charge in [-0.3, -0.25) is 4.40 Å². The topological polar surface area (TPSA) is 17.3 Å². The average molecular weight is 331 g/mol. The summed E-state index contributed by atoms with van der Waals surface area (Å²) in [6, 6.07) is 6.28. The molecule has 0 radical (unpaired) electrons. The van der Waals surface area contributed by atoms with E-state index in [9.17, 15) is 0 Å². The smallest absolute Gasteiger partial charge is 0.137 e. The Bertz CT molecular complexity index is 647. The lowest BCUT2D eigenvalue weighted by Gasteiger charge is -2.54. The van der Waals surface area contributed by atoms with Crippen LogP contribution in [0.5, 0.6) is 0 Å². The lowest BCUT2D eigenvalue weighted by atomic mass is 9.51. The summed E-state index contributed by atoms with van der Waals surface area (Å²) in [6.45, 7) is 0. The van der Waals surface area contributed by atoms with Crippen molar-refractivity contribution in [3.63, 3.8) is 0 Å². The molecule has 0 aliphatic heterocycles. The second kappa shape index (κ2) is 4.09. The summed E-state index contributed by atoms with van der Waals surface area (Å²) in [4.78, 5) is 4.97. The van der Waals surface area contributed by atoms with Crippen molar-refractivity contribution in [2.24, 2.45) is 23.7 Å². The second-order valence-corrected chi connectivity index (χ2v) is 7.92. The van der Waals surface area contributed by atoms with Gasteiger partial charge in [-0.15, -0.1) is 0 Å². The number of halogens is 1. The van der Waals surface area contributed by atoms with Gasteiger partial charge in [0.2, 0.25) is 0 Å². The summed E-state index contributed by atoms with van der Waals surface area (Å²) < 4.78 is 3.39. The Morgan fingerprint density at radius 3 is 2.35 bits per heavy atom. The maximum absolute atomic E-state index is 4.97. The molecule has 0 atom stereocenters. The Morgan fingerprint density at radius 2 is 1.70 bits per heavy atom. The van der Waals surface area contributed by atoms with Crippen molar-refractivity contribution in [1.82, 2.24) is 9.38 Å². The molecule has 0 amide bonds. The highest BCUT2D eigenvalue weighted by molar-refractivity contribution is 9.10. The highest BCUT2D eigenvalue weighted by Gasteiger charge is 2.49. The molecule has 4 aliphatic rings. The first kappa shape index (κ1) is 11.8. The van der Waals surface area contributed by atoms with E-state index in [0.29, 0.717) is 5.92 Å². The molecule has 2 aromatic heterocycles. The molecule has 4 aliphatic carbocycles. The third-order valence-electron chi connectivity index (χ3n) is 6.04. The molecule has 3 heteroatoms. The fourth-order valence-corrected chi connectivity index (χ4v) is 6.22. The minimum atomic E-state index is 0.706. The van der Waals surface area contributed by atoms with Crippen molar-refractivity contribution in [2.45, 2.75) is 38.0 Å². The normalized spacial score (nSPS) is 38.8. The summed E-state index contributed by atoms with van der Waals surface area (Å²) in [5, 5.41) is 0. The highest BCUT2D eigenvalue weighted by Crippen LogP contribution is 2.60. The predicted molar refractivity (Wildman–Crippen MR) is 82.7 cm³/mol. The Hall–Kier alpha value is -0.830. The molecule has 4 bridgehead atoms. The lowest BCUT2D eigenvalue weighted by Crippen LogP contribution is -2.44. The summed E-state index contributed by atoms with van der Waals surface area (Å²) in [5.74, 6) is 4.56. The van der Waals surface area contributed by atoms with Crippen molar-refractivity contribution < 1.29 is 0 Å². The Kier molecular flexibility index (Phi) is 2.41. The van der Waals surface area contributed by atoms with Gasteiger partial charge in [-0.2, -0.15) is 0 Å². The van der Waals surface area contributed by atoms with Gasteiger partial charge >= 0.3 is 0 Å². The molecule has 6 rings (SSSR count). The third kappa shape index (κ3) is 1.53. The lowest BCUT2D eigenvalue weighted by molar-refractivity contribution is -0.00424. The monoisotopic (exact) mass is 330 g/mol. The number of hydrogen-bond acceptors (Lipinski definition) is 1. The van der Waals surface area contributed by atoms with E-state index in [0.717, 1.165) is 29.3 Å². The summed E-state index contributed by atoms with van der Waals surface area (Å²) in [5.41, 5.74) is 2.42. The molecule has 2 aromatic rings. The van der Waals surface area contributed by atoms with E-state index in [1.54, 1.807) is 0 Å². The summed E-state index contributed by atoms with van der Waals surface area (Å²) in [7, 11) is 0. The summed E-state index contributed by atoms with van der Waals surface area (Å²) >= 11 is 3.82. The Morgan fingerprint density at radius 1 is 1.00 bits per heavy atom. The zero-order valence-corrected chi connectivity index (χ0v) is 13.1. The van der Waals surface area contributed by atoms with Crippen LogP contribution in [-0.4, -0.2) is 9.38 Å². The van der Waals surface area contributed by atoms with Crippen LogP contribution in [0.2, 0.25) is 0 Å². The predicted octanol–water partition coefficient (Wildman–Crippen LogP) is 4.64. The fraction of sp³-hybridized carbons (Fsp3) is 0.588. The molecule has 0 saturated heterocycles. The molecule has 0 unspecified atom stereocenters. The maximum atomic E-state index is 4.97. The van der Waals surface area contributed by atoms with Crippen LogP contribution in [0.25, 0.3) is 5.65 Å². The van der Waals surface area contributed by atoms with E-state index < -0.39 is 0 Å². The molecular formula is C17H19BrN2. The van der Waals surface area contributed by atoms with E-state index in [1.165, 1.54) is 42.4 Å². The molecule has 0 aromatic carbocycles. The minimum absolute atomic E-state index is 0.706. The maximum Gasteiger partial charge on any atom is 0.137 e. The molecule has 0 spiro atoms. The first-order chi connectivity index (χ1) is 9.79. The first-order valence-electron chi connectivity index (χ1n) is 7.92. The highest BCUT2D eigenvalue weighted by atomic mass is 79.9. The fourth-order valence-electron chi connectivity index (χ4n) is 5.57. The molecule has 0 N–H and O–H groups in total. The zero-order chi connectivity index (χ0) is 13.3. The molecule has 20 heavy (non-hydrogen) atoms. The quantitative estimate of drug-likeness (QED) is 0.744.